The molecule has 0 aliphatic rings. The van der Waals surface area contributed by atoms with Crippen molar-refractivity contribution < 1.29 is 24.6 Å². The van der Waals surface area contributed by atoms with Crippen molar-refractivity contribution in [1.29, 1.82) is 0 Å². The second-order valence-electron chi connectivity index (χ2n) is 3.46. The maximum atomic E-state index is 11.6. The molecular formula is C9H9N3O7. The lowest BCUT2D eigenvalue weighted by molar-refractivity contribution is -0.145. The Labute approximate surface area is 104 Å². The van der Waals surface area contributed by atoms with Crippen LogP contribution >= 0.6 is 0 Å². The summed E-state index contributed by atoms with van der Waals surface area (Å²) in [6.07, 6.45) is -0.839. The van der Waals surface area contributed by atoms with Gasteiger partial charge in [0.25, 0.3) is 11.5 Å². The predicted molar refractivity (Wildman–Crippen MR) is 58.8 cm³/mol. The number of aromatic nitrogens is 2. The zero-order valence-electron chi connectivity index (χ0n) is 9.30. The number of carboxylic acid groups (broad SMARTS) is 2. The third-order valence-electron chi connectivity index (χ3n) is 1.99. The van der Waals surface area contributed by atoms with E-state index in [1.54, 1.807) is 0 Å². The molecule has 19 heavy (non-hydrogen) atoms. The highest BCUT2D eigenvalue weighted by Crippen LogP contribution is 1.95. The van der Waals surface area contributed by atoms with E-state index >= 15 is 0 Å². The van der Waals surface area contributed by atoms with Crippen LogP contribution in [0.5, 0.6) is 0 Å². The summed E-state index contributed by atoms with van der Waals surface area (Å²) in [5.74, 6) is -4.05. The first-order valence-corrected chi connectivity index (χ1v) is 4.88. The Morgan fingerprint density at radius 1 is 1.21 bits per heavy atom. The number of aliphatic carboxylic acids is 2. The number of hydrogen-bond acceptors (Lipinski definition) is 5. The summed E-state index contributed by atoms with van der Waals surface area (Å²) in [5, 5.41) is 19.1. The molecule has 1 rings (SSSR count). The SMILES string of the molecule is O=C(O)CC(NC(=O)c1cc(=O)[nH]c(=O)[nH]1)C(=O)O. The van der Waals surface area contributed by atoms with Gasteiger partial charge in [-0.2, -0.15) is 0 Å². The molecule has 0 radical (unpaired) electrons. The lowest BCUT2D eigenvalue weighted by atomic mass is 10.2. The molecule has 1 aromatic heterocycles. The lowest BCUT2D eigenvalue weighted by Crippen LogP contribution is -2.43. The van der Waals surface area contributed by atoms with Gasteiger partial charge in [-0.15, -0.1) is 0 Å². The first-order valence-electron chi connectivity index (χ1n) is 4.88. The molecule has 0 spiro atoms. The standard InChI is InChI=1S/C9H9N3O7/c13-5-1-3(11-9(19)12-5)7(16)10-4(8(17)18)2-6(14)15/h1,4H,2H2,(H,10,16)(H,14,15)(H,17,18)(H2,11,12,13,19). The van der Waals surface area contributed by atoms with Gasteiger partial charge in [0.2, 0.25) is 0 Å². The number of aromatic amines is 2. The largest absolute Gasteiger partial charge is 0.481 e. The van der Waals surface area contributed by atoms with E-state index in [1.165, 1.54) is 0 Å². The fourth-order valence-corrected chi connectivity index (χ4v) is 1.20. The molecule has 0 aliphatic carbocycles. The van der Waals surface area contributed by atoms with Gasteiger partial charge in [0.15, 0.2) is 0 Å². The smallest absolute Gasteiger partial charge is 0.326 e. The van der Waals surface area contributed by atoms with Crippen LogP contribution < -0.4 is 16.6 Å². The van der Waals surface area contributed by atoms with Gasteiger partial charge in [-0.25, -0.2) is 9.59 Å². The van der Waals surface area contributed by atoms with Crippen molar-refractivity contribution in [2.75, 3.05) is 0 Å². The van der Waals surface area contributed by atoms with Crippen molar-refractivity contribution in [3.8, 4) is 0 Å². The van der Waals surface area contributed by atoms with Gasteiger partial charge in [-0.1, -0.05) is 0 Å². The summed E-state index contributed by atoms with van der Waals surface area (Å²) in [5.41, 5.74) is -2.26. The van der Waals surface area contributed by atoms with E-state index in [9.17, 15) is 24.0 Å². The third-order valence-corrected chi connectivity index (χ3v) is 1.99. The second kappa shape index (κ2) is 5.62. The van der Waals surface area contributed by atoms with Gasteiger partial charge in [0.05, 0.1) is 6.42 Å². The molecule has 1 aromatic rings. The zero-order chi connectivity index (χ0) is 14.6. The van der Waals surface area contributed by atoms with E-state index < -0.39 is 47.3 Å². The topological polar surface area (TPSA) is 169 Å². The molecule has 0 saturated carbocycles. The molecule has 0 bridgehead atoms. The second-order valence-corrected chi connectivity index (χ2v) is 3.46. The number of amides is 1. The van der Waals surface area contributed by atoms with Crippen molar-refractivity contribution in [2.24, 2.45) is 0 Å². The van der Waals surface area contributed by atoms with Crippen LogP contribution in [0.25, 0.3) is 0 Å². The van der Waals surface area contributed by atoms with Crippen LogP contribution in [-0.2, 0) is 9.59 Å². The molecule has 0 fully saturated rings. The van der Waals surface area contributed by atoms with Gasteiger partial charge >= 0.3 is 17.6 Å². The maximum absolute atomic E-state index is 11.6. The van der Waals surface area contributed by atoms with Crippen LogP contribution in [0.4, 0.5) is 0 Å². The summed E-state index contributed by atoms with van der Waals surface area (Å²) < 4.78 is 0. The number of carbonyl (C=O) groups is 3. The third kappa shape index (κ3) is 4.11. The number of carbonyl (C=O) groups excluding carboxylic acids is 1. The number of carboxylic acids is 2. The number of H-pyrrole nitrogens is 2. The molecule has 1 amide bonds. The van der Waals surface area contributed by atoms with Crippen LogP contribution in [0.3, 0.4) is 0 Å². The Hall–Kier alpha value is -2.91. The van der Waals surface area contributed by atoms with Crippen LogP contribution in [0, 0.1) is 0 Å². The van der Waals surface area contributed by atoms with E-state index in [-0.39, 0.29) is 0 Å². The average Bonchev–Trinajstić information content (AvgIpc) is 2.25. The Balaban J connectivity index is 2.93. The fraction of sp³-hybridized carbons (Fsp3) is 0.222. The summed E-state index contributed by atoms with van der Waals surface area (Å²) in [4.78, 5) is 58.3. The zero-order valence-corrected chi connectivity index (χ0v) is 9.30. The fourth-order valence-electron chi connectivity index (χ4n) is 1.20. The summed E-state index contributed by atoms with van der Waals surface area (Å²) in [7, 11) is 0. The quantitative estimate of drug-likeness (QED) is 0.401. The first kappa shape index (κ1) is 14.2. The Kier molecular flexibility index (Phi) is 4.19. The van der Waals surface area contributed by atoms with Gasteiger partial charge in [0.1, 0.15) is 11.7 Å². The van der Waals surface area contributed by atoms with E-state index in [0.29, 0.717) is 0 Å². The molecule has 10 nitrogen and oxygen atoms in total. The van der Waals surface area contributed by atoms with E-state index in [2.05, 4.69) is 0 Å². The summed E-state index contributed by atoms with van der Waals surface area (Å²) in [6, 6.07) is -0.927. The minimum Gasteiger partial charge on any atom is -0.481 e. The van der Waals surface area contributed by atoms with Crippen molar-refractivity contribution in [3.05, 3.63) is 32.6 Å². The summed E-state index contributed by atoms with van der Waals surface area (Å²) >= 11 is 0. The lowest BCUT2D eigenvalue weighted by Gasteiger charge is -2.11. The molecule has 5 N–H and O–H groups in total. The Morgan fingerprint density at radius 3 is 2.32 bits per heavy atom. The van der Waals surface area contributed by atoms with Crippen molar-refractivity contribution in [3.63, 3.8) is 0 Å². The predicted octanol–water partition coefficient (Wildman–Crippen LogP) is -2.28. The first-order chi connectivity index (χ1) is 8.79. The maximum Gasteiger partial charge on any atom is 0.326 e. The highest BCUT2D eigenvalue weighted by molar-refractivity contribution is 5.95. The molecule has 102 valence electrons. The minimum atomic E-state index is -1.67. The minimum absolute atomic E-state index is 0.467. The van der Waals surface area contributed by atoms with Crippen molar-refractivity contribution >= 4 is 17.8 Å². The van der Waals surface area contributed by atoms with Crippen LogP contribution in [0.15, 0.2) is 15.7 Å². The van der Waals surface area contributed by atoms with Crippen LogP contribution in [0.1, 0.15) is 16.9 Å². The summed E-state index contributed by atoms with van der Waals surface area (Å²) in [6.45, 7) is 0. The van der Waals surface area contributed by atoms with Gasteiger partial charge < -0.3 is 20.5 Å². The number of rotatable bonds is 5. The van der Waals surface area contributed by atoms with Crippen molar-refractivity contribution in [1.82, 2.24) is 15.3 Å². The molecular weight excluding hydrogens is 262 g/mol. The highest BCUT2D eigenvalue weighted by Gasteiger charge is 2.24. The molecule has 10 heteroatoms. The molecule has 1 unspecified atom stereocenters. The molecule has 0 aromatic carbocycles. The average molecular weight is 271 g/mol. The van der Waals surface area contributed by atoms with E-state index in [0.717, 1.165) is 6.07 Å². The molecule has 1 heterocycles. The highest BCUT2D eigenvalue weighted by atomic mass is 16.4. The Morgan fingerprint density at radius 2 is 1.84 bits per heavy atom. The van der Waals surface area contributed by atoms with E-state index in [1.807, 2.05) is 15.3 Å². The normalized spacial score (nSPS) is 11.6. The molecule has 1 atom stereocenters. The van der Waals surface area contributed by atoms with Gasteiger partial charge in [-0.3, -0.25) is 19.4 Å². The monoisotopic (exact) mass is 271 g/mol. The number of nitrogens with one attached hydrogen (secondary N) is 3. The van der Waals surface area contributed by atoms with Crippen LogP contribution in [0.2, 0.25) is 0 Å². The van der Waals surface area contributed by atoms with E-state index in [4.69, 9.17) is 10.2 Å². The van der Waals surface area contributed by atoms with Gasteiger partial charge in [0, 0.05) is 6.07 Å². The Bertz CT molecular complexity index is 601. The van der Waals surface area contributed by atoms with Crippen LogP contribution in [-0.4, -0.2) is 44.1 Å². The number of hydrogen-bond donors (Lipinski definition) is 5. The molecule has 0 aliphatic heterocycles. The van der Waals surface area contributed by atoms with Crippen molar-refractivity contribution in [2.45, 2.75) is 12.5 Å². The molecule has 0 saturated heterocycles. The van der Waals surface area contributed by atoms with Gasteiger partial charge in [-0.05, 0) is 0 Å².